The number of carbonyl (C=O) groups excluding carboxylic acids is 1. The molecule has 1 aliphatic heterocycles. The van der Waals surface area contributed by atoms with Gasteiger partial charge in [-0.25, -0.2) is 4.39 Å². The van der Waals surface area contributed by atoms with Gasteiger partial charge in [0, 0.05) is 17.8 Å². The van der Waals surface area contributed by atoms with Crippen LogP contribution in [0.3, 0.4) is 0 Å². The quantitative estimate of drug-likeness (QED) is 0.681. The van der Waals surface area contributed by atoms with Gasteiger partial charge in [-0.1, -0.05) is 55.5 Å². The first kappa shape index (κ1) is 18.0. The second-order valence-electron chi connectivity index (χ2n) is 7.06. The van der Waals surface area contributed by atoms with Crippen LogP contribution in [0.25, 0.3) is 0 Å². The molecule has 4 nitrogen and oxygen atoms in total. The normalized spacial score (nSPS) is 17.0. The van der Waals surface area contributed by atoms with Crippen LogP contribution >= 0.6 is 0 Å². The van der Waals surface area contributed by atoms with Gasteiger partial charge in [-0.15, -0.1) is 0 Å². The van der Waals surface area contributed by atoms with Gasteiger partial charge in [-0.2, -0.15) is 0 Å². The number of carbonyl (C=O) groups is 1. The van der Waals surface area contributed by atoms with E-state index in [-0.39, 0.29) is 17.6 Å². The van der Waals surface area contributed by atoms with E-state index in [4.69, 9.17) is 0 Å². The second-order valence-corrected chi connectivity index (χ2v) is 7.06. The standard InChI is InChI=1S/C23H21FN2O2/c1-15(16-7-3-2-4-8-16)14-26-22(18-9-5-6-10-21(18)27)25-20-12-11-17(24)13-19(20)23(26)28/h2-13,15,22,25,27H,14H2,1H3. The number of aromatic hydroxyl groups is 1. The van der Waals surface area contributed by atoms with Gasteiger partial charge in [0.1, 0.15) is 17.7 Å². The van der Waals surface area contributed by atoms with Crippen molar-refractivity contribution in [2.24, 2.45) is 0 Å². The second kappa shape index (κ2) is 7.35. The Hall–Kier alpha value is -3.34. The van der Waals surface area contributed by atoms with Crippen LogP contribution in [0.1, 0.15) is 40.5 Å². The largest absolute Gasteiger partial charge is 0.508 e. The topological polar surface area (TPSA) is 52.6 Å². The van der Waals surface area contributed by atoms with Gasteiger partial charge in [0.25, 0.3) is 5.91 Å². The van der Waals surface area contributed by atoms with Crippen LogP contribution in [0, 0.1) is 5.82 Å². The highest BCUT2D eigenvalue weighted by molar-refractivity contribution is 6.01. The molecule has 1 aliphatic rings. The van der Waals surface area contributed by atoms with E-state index in [0.29, 0.717) is 23.4 Å². The van der Waals surface area contributed by atoms with Crippen LogP contribution in [0.15, 0.2) is 72.8 Å². The van der Waals surface area contributed by atoms with Crippen molar-refractivity contribution in [1.82, 2.24) is 4.90 Å². The van der Waals surface area contributed by atoms with Gasteiger partial charge in [0.05, 0.1) is 5.56 Å². The lowest BCUT2D eigenvalue weighted by Gasteiger charge is -2.39. The van der Waals surface area contributed by atoms with Crippen LogP contribution in [0.5, 0.6) is 5.75 Å². The number of nitrogens with one attached hydrogen (secondary N) is 1. The Balaban J connectivity index is 1.75. The summed E-state index contributed by atoms with van der Waals surface area (Å²) in [5.74, 6) is -0.540. The van der Waals surface area contributed by atoms with Crippen molar-refractivity contribution in [2.45, 2.75) is 19.0 Å². The van der Waals surface area contributed by atoms with Crippen LogP contribution in [-0.2, 0) is 0 Å². The Morgan fingerprint density at radius 1 is 1.07 bits per heavy atom. The highest BCUT2D eigenvalue weighted by Gasteiger charge is 2.35. The third kappa shape index (κ3) is 3.31. The van der Waals surface area contributed by atoms with Gasteiger partial charge in [-0.05, 0) is 35.7 Å². The molecule has 0 aliphatic carbocycles. The number of para-hydroxylation sites is 1. The zero-order valence-electron chi connectivity index (χ0n) is 15.5. The van der Waals surface area contributed by atoms with E-state index in [0.717, 1.165) is 5.56 Å². The molecule has 0 fully saturated rings. The fourth-order valence-electron chi connectivity index (χ4n) is 3.65. The Bertz CT molecular complexity index is 1010. The molecule has 5 heteroatoms. The highest BCUT2D eigenvalue weighted by Crippen LogP contribution is 2.37. The molecule has 2 N–H and O–H groups in total. The van der Waals surface area contributed by atoms with E-state index in [1.165, 1.54) is 12.1 Å². The summed E-state index contributed by atoms with van der Waals surface area (Å²) in [6, 6.07) is 21.0. The SMILES string of the molecule is CC(CN1C(=O)c2cc(F)ccc2NC1c1ccccc1O)c1ccccc1. The summed E-state index contributed by atoms with van der Waals surface area (Å²) in [5.41, 5.74) is 2.57. The van der Waals surface area contributed by atoms with Crippen molar-refractivity contribution in [3.05, 3.63) is 95.3 Å². The highest BCUT2D eigenvalue weighted by atomic mass is 19.1. The Morgan fingerprint density at radius 2 is 1.79 bits per heavy atom. The zero-order valence-corrected chi connectivity index (χ0v) is 15.5. The fraction of sp³-hybridized carbons (Fsp3) is 0.174. The first-order valence-corrected chi connectivity index (χ1v) is 9.24. The molecule has 2 unspecified atom stereocenters. The van der Waals surface area contributed by atoms with Crippen molar-refractivity contribution in [3.63, 3.8) is 0 Å². The van der Waals surface area contributed by atoms with E-state index in [1.807, 2.05) is 43.3 Å². The first-order valence-electron chi connectivity index (χ1n) is 9.24. The number of phenolic OH excluding ortho intramolecular Hbond substituents is 1. The summed E-state index contributed by atoms with van der Waals surface area (Å²) < 4.78 is 13.8. The molecule has 3 aromatic rings. The molecular weight excluding hydrogens is 355 g/mol. The maximum absolute atomic E-state index is 13.8. The fourth-order valence-corrected chi connectivity index (χ4v) is 3.65. The number of amides is 1. The maximum Gasteiger partial charge on any atom is 0.257 e. The molecule has 3 aromatic carbocycles. The Kier molecular flexibility index (Phi) is 4.74. The molecule has 0 saturated carbocycles. The predicted molar refractivity (Wildman–Crippen MR) is 107 cm³/mol. The van der Waals surface area contributed by atoms with E-state index in [1.54, 1.807) is 29.2 Å². The zero-order chi connectivity index (χ0) is 19.7. The van der Waals surface area contributed by atoms with Crippen molar-refractivity contribution < 1.29 is 14.3 Å². The molecule has 0 spiro atoms. The van der Waals surface area contributed by atoms with Crippen LogP contribution in [0.2, 0.25) is 0 Å². The molecule has 142 valence electrons. The Labute approximate surface area is 163 Å². The summed E-state index contributed by atoms with van der Waals surface area (Å²) in [7, 11) is 0. The number of benzene rings is 3. The minimum Gasteiger partial charge on any atom is -0.508 e. The number of phenols is 1. The lowest BCUT2D eigenvalue weighted by atomic mass is 9.97. The number of anilines is 1. The number of hydrogen-bond acceptors (Lipinski definition) is 3. The van der Waals surface area contributed by atoms with E-state index in [2.05, 4.69) is 5.32 Å². The maximum atomic E-state index is 13.8. The number of rotatable bonds is 4. The molecule has 0 radical (unpaired) electrons. The molecule has 0 aromatic heterocycles. The summed E-state index contributed by atoms with van der Waals surface area (Å²) >= 11 is 0. The molecule has 4 rings (SSSR count). The van der Waals surface area contributed by atoms with E-state index >= 15 is 0 Å². The average molecular weight is 376 g/mol. The van der Waals surface area contributed by atoms with Crippen molar-refractivity contribution in [3.8, 4) is 5.75 Å². The van der Waals surface area contributed by atoms with Gasteiger partial charge >= 0.3 is 0 Å². The van der Waals surface area contributed by atoms with Crippen molar-refractivity contribution in [1.29, 1.82) is 0 Å². The molecule has 28 heavy (non-hydrogen) atoms. The van der Waals surface area contributed by atoms with Crippen molar-refractivity contribution in [2.75, 3.05) is 11.9 Å². The minimum atomic E-state index is -0.544. The summed E-state index contributed by atoms with van der Waals surface area (Å²) in [4.78, 5) is 14.9. The number of hydrogen-bond donors (Lipinski definition) is 2. The van der Waals surface area contributed by atoms with E-state index in [9.17, 15) is 14.3 Å². The molecule has 1 amide bonds. The summed E-state index contributed by atoms with van der Waals surface area (Å²) in [5, 5.41) is 13.7. The first-order chi connectivity index (χ1) is 13.5. The monoisotopic (exact) mass is 376 g/mol. The third-order valence-electron chi connectivity index (χ3n) is 5.15. The molecule has 1 heterocycles. The van der Waals surface area contributed by atoms with Crippen LogP contribution in [-0.4, -0.2) is 22.5 Å². The average Bonchev–Trinajstić information content (AvgIpc) is 2.71. The van der Waals surface area contributed by atoms with Crippen LogP contribution in [0.4, 0.5) is 10.1 Å². The summed E-state index contributed by atoms with van der Waals surface area (Å²) in [6.07, 6.45) is -0.544. The van der Waals surface area contributed by atoms with Gasteiger partial charge in [0.15, 0.2) is 0 Å². The third-order valence-corrected chi connectivity index (χ3v) is 5.15. The van der Waals surface area contributed by atoms with Crippen LogP contribution < -0.4 is 5.32 Å². The van der Waals surface area contributed by atoms with Gasteiger partial charge in [-0.3, -0.25) is 4.79 Å². The lowest BCUT2D eigenvalue weighted by molar-refractivity contribution is 0.0670. The number of fused-ring (bicyclic) bond motifs is 1. The molecule has 0 saturated heterocycles. The van der Waals surface area contributed by atoms with E-state index < -0.39 is 12.0 Å². The predicted octanol–water partition coefficient (Wildman–Crippen LogP) is 4.90. The summed E-state index contributed by atoms with van der Waals surface area (Å²) in [6.45, 7) is 2.47. The number of nitrogens with zero attached hydrogens (tertiary/aromatic N) is 1. The minimum absolute atomic E-state index is 0.0652. The Morgan fingerprint density at radius 3 is 2.54 bits per heavy atom. The van der Waals surface area contributed by atoms with Gasteiger partial charge < -0.3 is 15.3 Å². The molecule has 2 atom stereocenters. The molecular formula is C23H21FN2O2. The number of halogens is 1. The van der Waals surface area contributed by atoms with Crippen molar-refractivity contribution >= 4 is 11.6 Å². The lowest BCUT2D eigenvalue weighted by Crippen LogP contribution is -2.44. The smallest absolute Gasteiger partial charge is 0.257 e. The van der Waals surface area contributed by atoms with Gasteiger partial charge in [0.2, 0.25) is 0 Å². The molecule has 0 bridgehead atoms.